The van der Waals surface area contributed by atoms with E-state index in [0.717, 1.165) is 12.8 Å². The first-order valence-electron chi connectivity index (χ1n) is 44.2. The molecule has 10 aromatic carbocycles. The van der Waals surface area contributed by atoms with E-state index in [1.807, 2.05) is 0 Å². The van der Waals surface area contributed by atoms with Crippen LogP contribution in [0.4, 0.5) is 0 Å². The van der Waals surface area contributed by atoms with E-state index in [0.29, 0.717) is 11.8 Å². The summed E-state index contributed by atoms with van der Waals surface area (Å²) in [5, 5.41) is 0. The van der Waals surface area contributed by atoms with Crippen molar-refractivity contribution in [2.75, 3.05) is 0 Å². The van der Waals surface area contributed by atoms with Crippen molar-refractivity contribution in [2.24, 2.45) is 46.6 Å². The SMILES string of the molecule is Cc1cc[n+](C)c(-c2cc(-c3ccccc3C)c(C)cc2C)c1.Cc1ccccc1-c1cc(-c2cc(C(C)C)cc[n+]2C)c(C)cc1C.Cc1ccccc1-c1cc(-c2cc(CC(C)(C)C)cc[n+]2C)c(C)cc1C.Cc1ccccc1-c1cc(-c2cc(CC(C)C)cc[n+]2C)c(C)cc1C.Cc1ccccc1-c1cc(-c2cccc[n+]2C)c(C)cc1C. The van der Waals surface area contributed by atoms with Crippen LogP contribution in [-0.4, -0.2) is 0 Å². The lowest BCUT2D eigenvalue weighted by molar-refractivity contribution is -0.660. The minimum absolute atomic E-state index is 0.284. The Kier molecular flexibility index (Phi) is 30.0. The number of rotatable bonds is 14. The van der Waals surface area contributed by atoms with Gasteiger partial charge in [0.25, 0.3) is 0 Å². The molecule has 628 valence electrons. The van der Waals surface area contributed by atoms with Crippen LogP contribution >= 0.6 is 0 Å². The van der Waals surface area contributed by atoms with Crippen molar-refractivity contribution in [3.63, 3.8) is 0 Å². The van der Waals surface area contributed by atoms with Crippen LogP contribution in [0, 0.1) is 122 Å². The van der Waals surface area contributed by atoms with Crippen LogP contribution in [0.3, 0.4) is 0 Å². The summed E-state index contributed by atoms with van der Waals surface area (Å²) in [6.45, 7) is 51.1. The number of pyridine rings is 5. The molecular weight excluding hydrogens is 1490 g/mol. The highest BCUT2D eigenvalue weighted by molar-refractivity contribution is 5.83. The second-order valence-corrected chi connectivity index (χ2v) is 36.9. The fourth-order valence-electron chi connectivity index (χ4n) is 17.5. The summed E-state index contributed by atoms with van der Waals surface area (Å²) in [7, 11) is 10.6. The molecule has 0 fully saturated rings. The Bertz CT molecular complexity index is 6240. The molecule has 0 N–H and O–H groups in total. The average molecular weight is 1620 g/mol. The van der Waals surface area contributed by atoms with E-state index in [4.69, 9.17) is 0 Å². The van der Waals surface area contributed by atoms with Crippen LogP contribution in [0.25, 0.3) is 112 Å². The molecular formula is C118H136N5+5. The van der Waals surface area contributed by atoms with Gasteiger partial charge in [-0.2, -0.15) is 0 Å². The number of nitrogens with zero attached hydrogens (tertiary/aromatic N) is 5. The predicted octanol–water partition coefficient (Wildman–Crippen LogP) is 28.1. The zero-order valence-corrected chi connectivity index (χ0v) is 79.4. The average Bonchev–Trinajstić information content (AvgIpc) is 0.807. The Labute approximate surface area is 739 Å². The third-order valence-electron chi connectivity index (χ3n) is 24.4. The predicted molar refractivity (Wildman–Crippen MR) is 524 cm³/mol. The number of aryl methyl sites for hydroxylation is 21. The van der Waals surface area contributed by atoms with Crippen molar-refractivity contribution in [1.82, 2.24) is 0 Å². The quantitative estimate of drug-likeness (QED) is 0.0967. The summed E-state index contributed by atoms with van der Waals surface area (Å²) in [6, 6.07) is 91.1. The Hall–Kier alpha value is -12.1. The smallest absolute Gasteiger partial charge is 0.201 e. The molecule has 0 saturated heterocycles. The molecule has 0 saturated carbocycles. The molecule has 0 amide bonds. The third kappa shape index (κ3) is 22.4. The van der Waals surface area contributed by atoms with Crippen LogP contribution in [0.2, 0.25) is 0 Å². The van der Waals surface area contributed by atoms with E-state index in [9.17, 15) is 0 Å². The fourth-order valence-corrected chi connectivity index (χ4v) is 17.5. The van der Waals surface area contributed by atoms with Gasteiger partial charge in [-0.1, -0.05) is 200 Å². The van der Waals surface area contributed by atoms with Gasteiger partial charge in [0, 0.05) is 88.5 Å². The lowest BCUT2D eigenvalue weighted by Crippen LogP contribution is -2.31. The minimum Gasteiger partial charge on any atom is -0.201 e. The van der Waals surface area contributed by atoms with Crippen LogP contribution in [0.1, 0.15) is 160 Å². The van der Waals surface area contributed by atoms with Gasteiger partial charge in [0.2, 0.25) is 28.5 Å². The summed E-state index contributed by atoms with van der Waals surface area (Å²) in [4.78, 5) is 0. The standard InChI is InChI=1S/C26H32N.C25H30N.C24H28N.C22H24N.C21H22N/c1-18-10-8-9-11-22(18)23-16-24(20(3)14-19(23)2)25-15-21(12-13-27(25)7)17-26(4,5)6;1-17(2)13-21-11-12-26(6)25(15-21)24-16-23(19(4)14-20(24)5)22-10-8-7-9-18(22)3;1-16(2)20-11-12-25(6)24(14-20)23-15-22(18(4)13-19(23)5)21-10-8-7-9-17(21)3;1-15-10-11-23(5)22(12-15)21-14-20(17(3)13-18(21)4)19-9-7-6-8-16(19)2;1-15-9-5-6-10-18(15)19-14-20(17(3)13-16(19)2)21-11-7-8-12-22(21)4/h8-16H,17H2,1-7H3;7-12,14-17H,13H2,1-6H3;7-16H,1-6H3;6-14H,1-5H3;5-14H,1-4H3/q5*+1. The van der Waals surface area contributed by atoms with E-state index in [1.54, 1.807) is 0 Å². The van der Waals surface area contributed by atoms with Crippen molar-refractivity contribution in [1.29, 1.82) is 0 Å². The van der Waals surface area contributed by atoms with Gasteiger partial charge in [-0.3, -0.25) is 0 Å². The number of aromatic nitrogens is 5. The molecule has 0 aliphatic heterocycles. The summed E-state index contributed by atoms with van der Waals surface area (Å²) in [6.07, 6.45) is 13.0. The zero-order valence-electron chi connectivity index (χ0n) is 79.4. The molecule has 123 heavy (non-hydrogen) atoms. The summed E-state index contributed by atoms with van der Waals surface area (Å²) < 4.78 is 11.1. The monoisotopic (exact) mass is 1620 g/mol. The number of hydrogen-bond acceptors (Lipinski definition) is 0. The Balaban J connectivity index is 0.000000150. The summed E-state index contributed by atoms with van der Waals surface area (Å²) in [5.74, 6) is 1.19. The van der Waals surface area contributed by atoms with Crippen molar-refractivity contribution in [3.05, 3.63) is 385 Å². The van der Waals surface area contributed by atoms with E-state index >= 15 is 0 Å². The van der Waals surface area contributed by atoms with Gasteiger partial charge in [-0.15, -0.1) is 0 Å². The maximum Gasteiger partial charge on any atom is 0.212 e. The van der Waals surface area contributed by atoms with Gasteiger partial charge in [-0.05, 0) is 339 Å². The lowest BCUT2D eigenvalue weighted by atomic mass is 9.87. The minimum atomic E-state index is 0.284. The molecule has 0 aliphatic carbocycles. The van der Waals surface area contributed by atoms with Gasteiger partial charge in [0.1, 0.15) is 35.2 Å². The zero-order chi connectivity index (χ0) is 89.0. The summed E-state index contributed by atoms with van der Waals surface area (Å²) >= 11 is 0. The molecule has 5 aromatic heterocycles. The second-order valence-electron chi connectivity index (χ2n) is 36.9. The van der Waals surface area contributed by atoms with E-state index < -0.39 is 0 Å². The largest absolute Gasteiger partial charge is 0.212 e. The number of hydrogen-bond donors (Lipinski definition) is 0. The van der Waals surface area contributed by atoms with Gasteiger partial charge in [0.05, 0.1) is 0 Å². The maximum atomic E-state index is 2.38. The normalized spacial score (nSPS) is 11.1. The first-order valence-corrected chi connectivity index (χ1v) is 44.2. The molecule has 0 radical (unpaired) electrons. The van der Waals surface area contributed by atoms with Crippen LogP contribution in [-0.2, 0) is 48.1 Å². The molecule has 0 unspecified atom stereocenters. The van der Waals surface area contributed by atoms with Crippen molar-refractivity contribution in [2.45, 2.75) is 178 Å². The molecule has 0 spiro atoms. The molecule has 0 bridgehead atoms. The fraction of sp³-hybridized carbons (Fsp3) is 0.280. The van der Waals surface area contributed by atoms with Crippen molar-refractivity contribution >= 4 is 0 Å². The third-order valence-corrected chi connectivity index (χ3v) is 24.4. The number of benzene rings is 10. The van der Waals surface area contributed by atoms with Crippen LogP contribution < -0.4 is 22.8 Å². The van der Waals surface area contributed by atoms with E-state index in [-0.39, 0.29) is 5.41 Å². The van der Waals surface area contributed by atoms with Crippen molar-refractivity contribution < 1.29 is 22.8 Å². The first-order chi connectivity index (χ1) is 58.4. The molecule has 15 rings (SSSR count). The summed E-state index contributed by atoms with van der Waals surface area (Å²) in [5.41, 5.74) is 51.8. The van der Waals surface area contributed by atoms with Crippen molar-refractivity contribution in [3.8, 4) is 112 Å². The van der Waals surface area contributed by atoms with Crippen LogP contribution in [0.15, 0.2) is 280 Å². The second kappa shape index (κ2) is 40.3. The van der Waals surface area contributed by atoms with Gasteiger partial charge in [-0.25, -0.2) is 22.8 Å². The first kappa shape index (κ1) is 91.7. The Morgan fingerprint density at radius 3 is 0.789 bits per heavy atom. The maximum absolute atomic E-state index is 2.38. The molecule has 5 heteroatoms. The molecule has 0 atom stereocenters. The molecule has 0 aliphatic rings. The van der Waals surface area contributed by atoms with Gasteiger partial charge >= 0.3 is 0 Å². The Morgan fingerprint density at radius 1 is 0.220 bits per heavy atom. The highest BCUT2D eigenvalue weighted by Crippen LogP contribution is 2.40. The topological polar surface area (TPSA) is 19.4 Å². The molecule has 5 heterocycles. The van der Waals surface area contributed by atoms with Gasteiger partial charge < -0.3 is 0 Å². The van der Waals surface area contributed by atoms with E-state index in [2.05, 4.69) is 497 Å². The highest BCUT2D eigenvalue weighted by Gasteiger charge is 2.25. The van der Waals surface area contributed by atoms with Crippen LogP contribution in [0.5, 0.6) is 0 Å². The van der Waals surface area contributed by atoms with E-state index in [1.165, 1.54) is 218 Å². The Morgan fingerprint density at radius 2 is 0.480 bits per heavy atom. The lowest BCUT2D eigenvalue weighted by Gasteiger charge is -2.18. The van der Waals surface area contributed by atoms with Gasteiger partial charge in [0.15, 0.2) is 31.0 Å². The molecule has 15 aromatic rings. The highest BCUT2D eigenvalue weighted by atomic mass is 14.9. The molecule has 5 nitrogen and oxygen atoms in total.